The lowest BCUT2D eigenvalue weighted by Gasteiger charge is -2.09. The Kier molecular flexibility index (Phi) is 4.95. The van der Waals surface area contributed by atoms with Crippen molar-refractivity contribution in [1.29, 1.82) is 0 Å². The van der Waals surface area contributed by atoms with Crippen molar-refractivity contribution >= 4 is 34.4 Å². The molecule has 5 heteroatoms. The number of benzene rings is 2. The van der Waals surface area contributed by atoms with Crippen molar-refractivity contribution in [3.8, 4) is 0 Å². The SMILES string of the molecule is Cc1ccc(C)c(SCc2nc3ccc(Cl)cc3n2CCO)c1. The van der Waals surface area contributed by atoms with Gasteiger partial charge in [0, 0.05) is 16.5 Å². The first-order chi connectivity index (χ1) is 11.1. The van der Waals surface area contributed by atoms with Crippen LogP contribution >= 0.6 is 23.4 Å². The van der Waals surface area contributed by atoms with Gasteiger partial charge in [0.2, 0.25) is 0 Å². The van der Waals surface area contributed by atoms with Gasteiger partial charge in [0.15, 0.2) is 0 Å². The molecule has 0 bridgehead atoms. The summed E-state index contributed by atoms with van der Waals surface area (Å²) in [5, 5.41) is 10.1. The quantitative estimate of drug-likeness (QED) is 0.686. The Morgan fingerprint density at radius 1 is 1.17 bits per heavy atom. The molecule has 1 heterocycles. The normalized spacial score (nSPS) is 11.3. The standard InChI is InChI=1S/C18H19ClN2OS/c1-12-3-4-13(2)17(9-12)23-11-18-20-15-6-5-14(19)10-16(15)21(18)7-8-22/h3-6,9-10,22H,7-8,11H2,1-2H3. The molecule has 0 atom stereocenters. The Morgan fingerprint density at radius 3 is 2.78 bits per heavy atom. The van der Waals surface area contributed by atoms with Gasteiger partial charge in [-0.05, 0) is 43.7 Å². The van der Waals surface area contributed by atoms with Crippen molar-refractivity contribution < 1.29 is 5.11 Å². The maximum atomic E-state index is 9.37. The monoisotopic (exact) mass is 346 g/mol. The van der Waals surface area contributed by atoms with E-state index in [1.165, 1.54) is 16.0 Å². The first-order valence-corrected chi connectivity index (χ1v) is 8.90. The summed E-state index contributed by atoms with van der Waals surface area (Å²) in [6.45, 7) is 4.84. The van der Waals surface area contributed by atoms with Gasteiger partial charge in [-0.25, -0.2) is 4.98 Å². The summed E-state index contributed by atoms with van der Waals surface area (Å²) in [5.41, 5.74) is 4.42. The van der Waals surface area contributed by atoms with Gasteiger partial charge in [0.1, 0.15) is 5.82 Å². The zero-order valence-corrected chi connectivity index (χ0v) is 14.8. The summed E-state index contributed by atoms with van der Waals surface area (Å²) in [7, 11) is 0. The summed E-state index contributed by atoms with van der Waals surface area (Å²) in [6.07, 6.45) is 0. The van der Waals surface area contributed by atoms with Gasteiger partial charge in [0.05, 0.1) is 23.4 Å². The summed E-state index contributed by atoms with van der Waals surface area (Å²) in [4.78, 5) is 5.98. The lowest BCUT2D eigenvalue weighted by molar-refractivity contribution is 0.276. The van der Waals surface area contributed by atoms with E-state index in [-0.39, 0.29) is 6.61 Å². The van der Waals surface area contributed by atoms with Gasteiger partial charge in [-0.3, -0.25) is 0 Å². The minimum absolute atomic E-state index is 0.0825. The number of aliphatic hydroxyl groups excluding tert-OH is 1. The fourth-order valence-corrected chi connectivity index (χ4v) is 3.85. The van der Waals surface area contributed by atoms with Crippen LogP contribution in [0.15, 0.2) is 41.3 Å². The van der Waals surface area contributed by atoms with E-state index >= 15 is 0 Å². The molecule has 0 saturated heterocycles. The lowest BCUT2D eigenvalue weighted by Crippen LogP contribution is -2.06. The molecular formula is C18H19ClN2OS. The van der Waals surface area contributed by atoms with Crippen LogP contribution in [-0.4, -0.2) is 21.3 Å². The minimum atomic E-state index is 0.0825. The van der Waals surface area contributed by atoms with E-state index in [4.69, 9.17) is 16.6 Å². The van der Waals surface area contributed by atoms with Gasteiger partial charge >= 0.3 is 0 Å². The van der Waals surface area contributed by atoms with Crippen molar-refractivity contribution in [2.75, 3.05) is 6.61 Å². The first-order valence-electron chi connectivity index (χ1n) is 7.54. The highest BCUT2D eigenvalue weighted by Gasteiger charge is 2.12. The molecule has 120 valence electrons. The maximum absolute atomic E-state index is 9.37. The number of aliphatic hydroxyl groups is 1. The number of halogens is 1. The van der Waals surface area contributed by atoms with Crippen molar-refractivity contribution in [1.82, 2.24) is 9.55 Å². The second-order valence-electron chi connectivity index (χ2n) is 5.59. The molecule has 3 rings (SSSR count). The van der Waals surface area contributed by atoms with Crippen LogP contribution in [0.25, 0.3) is 11.0 Å². The molecule has 1 aromatic heterocycles. The average molecular weight is 347 g/mol. The molecule has 2 aromatic carbocycles. The summed E-state index contributed by atoms with van der Waals surface area (Å²) in [6, 6.07) is 12.2. The largest absolute Gasteiger partial charge is 0.395 e. The molecule has 1 N–H and O–H groups in total. The molecule has 23 heavy (non-hydrogen) atoms. The van der Waals surface area contributed by atoms with E-state index in [0.717, 1.165) is 22.6 Å². The number of fused-ring (bicyclic) bond motifs is 1. The number of thioether (sulfide) groups is 1. The number of rotatable bonds is 5. The molecule has 0 aliphatic rings. The van der Waals surface area contributed by atoms with Crippen molar-refractivity contribution in [3.63, 3.8) is 0 Å². The van der Waals surface area contributed by atoms with Gasteiger partial charge in [-0.2, -0.15) is 0 Å². The van der Waals surface area contributed by atoms with Crippen LogP contribution < -0.4 is 0 Å². The lowest BCUT2D eigenvalue weighted by atomic mass is 10.2. The molecule has 0 fully saturated rings. The van der Waals surface area contributed by atoms with E-state index in [0.29, 0.717) is 11.6 Å². The van der Waals surface area contributed by atoms with Crippen LogP contribution in [0.1, 0.15) is 17.0 Å². The Morgan fingerprint density at radius 2 is 2.00 bits per heavy atom. The third-order valence-electron chi connectivity index (χ3n) is 3.81. The van der Waals surface area contributed by atoms with E-state index in [9.17, 15) is 5.11 Å². The molecule has 3 nitrogen and oxygen atoms in total. The highest BCUT2D eigenvalue weighted by Crippen LogP contribution is 2.29. The van der Waals surface area contributed by atoms with Gasteiger partial charge in [-0.1, -0.05) is 29.3 Å². The Hall–Kier alpha value is -1.49. The minimum Gasteiger partial charge on any atom is -0.395 e. The molecule has 0 aliphatic carbocycles. The third kappa shape index (κ3) is 3.55. The molecule has 0 unspecified atom stereocenters. The fraction of sp³-hybridized carbons (Fsp3) is 0.278. The first kappa shape index (κ1) is 16.4. The predicted molar refractivity (Wildman–Crippen MR) is 97.3 cm³/mol. The van der Waals surface area contributed by atoms with Gasteiger partial charge in [0.25, 0.3) is 0 Å². The Balaban J connectivity index is 1.92. The van der Waals surface area contributed by atoms with E-state index in [2.05, 4.69) is 36.6 Å². The van der Waals surface area contributed by atoms with Crippen molar-refractivity contribution in [2.45, 2.75) is 31.0 Å². The van der Waals surface area contributed by atoms with Crippen LogP contribution in [0.3, 0.4) is 0 Å². The Labute approximate surface area is 145 Å². The van der Waals surface area contributed by atoms with Crippen LogP contribution in [0, 0.1) is 13.8 Å². The third-order valence-corrected chi connectivity index (χ3v) is 5.20. The smallest absolute Gasteiger partial charge is 0.120 e. The van der Waals surface area contributed by atoms with Crippen molar-refractivity contribution in [3.05, 3.63) is 58.4 Å². The zero-order chi connectivity index (χ0) is 16.4. The van der Waals surface area contributed by atoms with E-state index in [1.807, 2.05) is 18.2 Å². The second-order valence-corrected chi connectivity index (χ2v) is 7.05. The van der Waals surface area contributed by atoms with E-state index in [1.54, 1.807) is 11.8 Å². The van der Waals surface area contributed by atoms with Crippen LogP contribution in [0.2, 0.25) is 5.02 Å². The number of hydrogen-bond acceptors (Lipinski definition) is 3. The summed E-state index contributed by atoms with van der Waals surface area (Å²) < 4.78 is 2.05. The molecule has 0 radical (unpaired) electrons. The Bertz CT molecular complexity index is 844. The predicted octanol–water partition coefficient (Wildman–Crippen LogP) is 4.59. The fourth-order valence-electron chi connectivity index (χ4n) is 2.61. The molecule has 3 aromatic rings. The molecule has 0 saturated carbocycles. The van der Waals surface area contributed by atoms with Crippen LogP contribution in [0.5, 0.6) is 0 Å². The summed E-state index contributed by atoms with van der Waals surface area (Å²) >= 11 is 7.88. The number of hydrogen-bond donors (Lipinski definition) is 1. The number of aromatic nitrogens is 2. The second kappa shape index (κ2) is 6.95. The van der Waals surface area contributed by atoms with Crippen LogP contribution in [-0.2, 0) is 12.3 Å². The van der Waals surface area contributed by atoms with Gasteiger partial charge < -0.3 is 9.67 Å². The molecular weight excluding hydrogens is 328 g/mol. The topological polar surface area (TPSA) is 38.0 Å². The molecule has 0 spiro atoms. The van der Waals surface area contributed by atoms with Crippen molar-refractivity contribution in [2.24, 2.45) is 0 Å². The maximum Gasteiger partial charge on any atom is 0.120 e. The number of imidazole rings is 1. The number of aryl methyl sites for hydroxylation is 2. The molecule has 0 amide bonds. The zero-order valence-electron chi connectivity index (χ0n) is 13.2. The van der Waals surface area contributed by atoms with Gasteiger partial charge in [-0.15, -0.1) is 11.8 Å². The highest BCUT2D eigenvalue weighted by molar-refractivity contribution is 7.98. The van der Waals surface area contributed by atoms with Crippen LogP contribution in [0.4, 0.5) is 0 Å². The van der Waals surface area contributed by atoms with E-state index < -0.39 is 0 Å². The highest BCUT2D eigenvalue weighted by atomic mass is 35.5. The average Bonchev–Trinajstić information content (AvgIpc) is 2.86. The molecule has 0 aliphatic heterocycles. The number of nitrogens with zero attached hydrogens (tertiary/aromatic N) is 2. The summed E-state index contributed by atoms with van der Waals surface area (Å²) in [5.74, 6) is 1.72.